The fourth-order valence-electron chi connectivity index (χ4n) is 1.92. The highest BCUT2D eigenvalue weighted by Crippen LogP contribution is 2.29. The van der Waals surface area contributed by atoms with Crippen molar-refractivity contribution in [1.82, 2.24) is 5.06 Å². The van der Waals surface area contributed by atoms with Crippen molar-refractivity contribution >= 4 is 23.3 Å². The normalized spacial score (nSPS) is 19.5. The molecule has 116 valence electrons. The van der Waals surface area contributed by atoms with Gasteiger partial charge in [0.05, 0.1) is 17.0 Å². The standard InChI is InChI=1S/C15H21ClN2O3/c1-15(2,3)14(19)21-18-7-6-11(9-18)20-13-8-10(17)4-5-12(13)16/h4-5,8,11H,6-7,9,17H2,1-3H3/t11-/m1/s1. The number of nitrogen functional groups attached to an aromatic ring is 1. The van der Waals surface area contributed by atoms with Crippen molar-refractivity contribution in [3.63, 3.8) is 0 Å². The third kappa shape index (κ3) is 4.25. The Hall–Kier alpha value is -1.46. The maximum absolute atomic E-state index is 11.8. The minimum Gasteiger partial charge on any atom is -0.487 e. The number of hydrogen-bond donors (Lipinski definition) is 1. The first-order chi connectivity index (χ1) is 9.75. The maximum atomic E-state index is 11.8. The van der Waals surface area contributed by atoms with Crippen LogP contribution < -0.4 is 10.5 Å². The van der Waals surface area contributed by atoms with E-state index >= 15 is 0 Å². The van der Waals surface area contributed by atoms with Crippen LogP contribution in [0.4, 0.5) is 5.69 Å². The number of ether oxygens (including phenoxy) is 1. The highest BCUT2D eigenvalue weighted by atomic mass is 35.5. The van der Waals surface area contributed by atoms with Crippen LogP contribution in [0.15, 0.2) is 18.2 Å². The van der Waals surface area contributed by atoms with Gasteiger partial charge < -0.3 is 15.3 Å². The van der Waals surface area contributed by atoms with Crippen LogP contribution in [-0.4, -0.2) is 30.2 Å². The van der Waals surface area contributed by atoms with Crippen LogP contribution in [-0.2, 0) is 9.63 Å². The largest absolute Gasteiger partial charge is 0.487 e. The van der Waals surface area contributed by atoms with E-state index in [0.717, 1.165) is 6.42 Å². The smallest absolute Gasteiger partial charge is 0.330 e. The van der Waals surface area contributed by atoms with E-state index < -0.39 is 5.41 Å². The van der Waals surface area contributed by atoms with E-state index in [4.69, 9.17) is 26.9 Å². The zero-order valence-electron chi connectivity index (χ0n) is 12.6. The van der Waals surface area contributed by atoms with Gasteiger partial charge in [0, 0.05) is 24.7 Å². The lowest BCUT2D eigenvalue weighted by molar-refractivity contribution is -0.196. The second kappa shape index (κ2) is 6.12. The van der Waals surface area contributed by atoms with Crippen LogP contribution in [0.2, 0.25) is 5.02 Å². The molecule has 2 rings (SSSR count). The van der Waals surface area contributed by atoms with Gasteiger partial charge in [-0.2, -0.15) is 0 Å². The molecular weight excluding hydrogens is 292 g/mol. The fourth-order valence-corrected chi connectivity index (χ4v) is 2.08. The number of benzene rings is 1. The summed E-state index contributed by atoms with van der Waals surface area (Å²) in [6.45, 7) is 6.64. The predicted octanol–water partition coefficient (Wildman–Crippen LogP) is 2.88. The highest BCUT2D eigenvalue weighted by molar-refractivity contribution is 6.32. The minimum absolute atomic E-state index is 0.0722. The first-order valence-corrected chi connectivity index (χ1v) is 7.32. The van der Waals surface area contributed by atoms with Gasteiger partial charge in [-0.25, -0.2) is 4.79 Å². The van der Waals surface area contributed by atoms with Crippen molar-refractivity contribution in [2.45, 2.75) is 33.3 Å². The highest BCUT2D eigenvalue weighted by Gasteiger charge is 2.31. The van der Waals surface area contributed by atoms with Gasteiger partial charge in [-0.1, -0.05) is 11.6 Å². The SMILES string of the molecule is CC(C)(C)C(=O)ON1CC[C@@H](Oc2cc(N)ccc2Cl)C1. The van der Waals surface area contributed by atoms with E-state index in [-0.39, 0.29) is 12.1 Å². The number of rotatable bonds is 3. The van der Waals surface area contributed by atoms with E-state index in [0.29, 0.717) is 29.5 Å². The molecular formula is C15H21ClN2O3. The molecule has 1 aromatic carbocycles. The molecule has 0 unspecified atom stereocenters. The van der Waals surface area contributed by atoms with E-state index in [9.17, 15) is 4.79 Å². The molecule has 2 N–H and O–H groups in total. The molecule has 1 aliphatic heterocycles. The van der Waals surface area contributed by atoms with Crippen molar-refractivity contribution < 1.29 is 14.4 Å². The van der Waals surface area contributed by atoms with Crippen LogP contribution in [0.3, 0.4) is 0 Å². The Kier molecular flexibility index (Phi) is 4.64. The first-order valence-electron chi connectivity index (χ1n) is 6.95. The van der Waals surface area contributed by atoms with Crippen molar-refractivity contribution in [3.05, 3.63) is 23.2 Å². The summed E-state index contributed by atoms with van der Waals surface area (Å²) >= 11 is 6.08. The van der Waals surface area contributed by atoms with Crippen molar-refractivity contribution in [2.75, 3.05) is 18.8 Å². The van der Waals surface area contributed by atoms with Gasteiger partial charge in [-0.15, -0.1) is 5.06 Å². The van der Waals surface area contributed by atoms with Gasteiger partial charge in [0.25, 0.3) is 0 Å². The van der Waals surface area contributed by atoms with Crippen LogP contribution in [0.1, 0.15) is 27.2 Å². The topological polar surface area (TPSA) is 64.8 Å². The molecule has 21 heavy (non-hydrogen) atoms. The maximum Gasteiger partial charge on any atom is 0.330 e. The summed E-state index contributed by atoms with van der Waals surface area (Å²) in [5.74, 6) is 0.316. The Labute approximate surface area is 129 Å². The predicted molar refractivity (Wildman–Crippen MR) is 82.0 cm³/mol. The number of hydrogen-bond acceptors (Lipinski definition) is 5. The molecule has 1 aliphatic rings. The molecule has 0 saturated carbocycles. The number of hydroxylamine groups is 2. The van der Waals surface area contributed by atoms with Crippen LogP contribution in [0.5, 0.6) is 5.75 Å². The van der Waals surface area contributed by atoms with E-state index in [1.54, 1.807) is 23.3 Å². The van der Waals surface area contributed by atoms with Crippen LogP contribution in [0, 0.1) is 5.41 Å². The molecule has 0 amide bonds. The minimum atomic E-state index is -0.518. The molecule has 0 spiro atoms. The second-order valence-corrected chi connectivity index (χ2v) is 6.64. The van der Waals surface area contributed by atoms with E-state index in [2.05, 4.69) is 0 Å². The van der Waals surface area contributed by atoms with Crippen molar-refractivity contribution in [2.24, 2.45) is 5.41 Å². The summed E-state index contributed by atoms with van der Waals surface area (Å²) in [5.41, 5.74) is 5.81. The Morgan fingerprint density at radius 2 is 2.14 bits per heavy atom. The van der Waals surface area contributed by atoms with Crippen LogP contribution >= 0.6 is 11.6 Å². The lowest BCUT2D eigenvalue weighted by atomic mass is 9.98. The number of anilines is 1. The third-order valence-electron chi connectivity index (χ3n) is 3.18. The van der Waals surface area contributed by atoms with Gasteiger partial charge in [0.1, 0.15) is 11.9 Å². The summed E-state index contributed by atoms with van der Waals surface area (Å²) < 4.78 is 5.84. The summed E-state index contributed by atoms with van der Waals surface area (Å²) in [6, 6.07) is 5.13. The summed E-state index contributed by atoms with van der Waals surface area (Å²) in [4.78, 5) is 17.2. The van der Waals surface area contributed by atoms with Gasteiger partial charge >= 0.3 is 5.97 Å². The molecule has 0 radical (unpaired) electrons. The molecule has 0 aromatic heterocycles. The molecule has 0 bridgehead atoms. The lowest BCUT2D eigenvalue weighted by Gasteiger charge is -2.22. The number of halogens is 1. The molecule has 1 fully saturated rings. The zero-order chi connectivity index (χ0) is 15.6. The lowest BCUT2D eigenvalue weighted by Crippen LogP contribution is -2.33. The van der Waals surface area contributed by atoms with E-state index in [1.807, 2.05) is 20.8 Å². The zero-order valence-corrected chi connectivity index (χ0v) is 13.3. The number of nitrogens with two attached hydrogens (primary N) is 1. The Bertz CT molecular complexity index is 528. The Morgan fingerprint density at radius 3 is 2.81 bits per heavy atom. The summed E-state index contributed by atoms with van der Waals surface area (Å²) in [6.07, 6.45) is 0.694. The Balaban J connectivity index is 1.91. The Morgan fingerprint density at radius 1 is 1.43 bits per heavy atom. The first kappa shape index (κ1) is 15.9. The number of carbonyl (C=O) groups excluding carboxylic acids is 1. The molecule has 6 heteroatoms. The second-order valence-electron chi connectivity index (χ2n) is 6.24. The molecule has 0 aliphatic carbocycles. The molecule has 1 heterocycles. The summed E-state index contributed by atoms with van der Waals surface area (Å²) in [7, 11) is 0. The van der Waals surface area contributed by atoms with Gasteiger partial charge in [0.2, 0.25) is 0 Å². The fraction of sp³-hybridized carbons (Fsp3) is 0.533. The third-order valence-corrected chi connectivity index (χ3v) is 3.49. The van der Waals surface area contributed by atoms with Gasteiger partial charge in [0.15, 0.2) is 0 Å². The average molecular weight is 313 g/mol. The number of nitrogens with zero attached hydrogens (tertiary/aromatic N) is 1. The molecule has 1 atom stereocenters. The van der Waals surface area contributed by atoms with Gasteiger partial charge in [-0.3, -0.25) is 0 Å². The molecule has 1 aromatic rings. The van der Waals surface area contributed by atoms with Gasteiger partial charge in [-0.05, 0) is 32.9 Å². The molecule has 5 nitrogen and oxygen atoms in total. The van der Waals surface area contributed by atoms with E-state index in [1.165, 1.54) is 0 Å². The quantitative estimate of drug-likeness (QED) is 0.869. The van der Waals surface area contributed by atoms with Crippen molar-refractivity contribution in [3.8, 4) is 5.75 Å². The monoisotopic (exact) mass is 312 g/mol. The molecule has 1 saturated heterocycles. The summed E-state index contributed by atoms with van der Waals surface area (Å²) in [5, 5.41) is 2.16. The average Bonchev–Trinajstić information content (AvgIpc) is 2.80. The van der Waals surface area contributed by atoms with Crippen LogP contribution in [0.25, 0.3) is 0 Å². The van der Waals surface area contributed by atoms with Crippen molar-refractivity contribution in [1.29, 1.82) is 0 Å². The number of carbonyl (C=O) groups is 1.